The van der Waals surface area contributed by atoms with E-state index in [0.717, 1.165) is 12.1 Å². The number of rotatable bonds is 6. The third kappa shape index (κ3) is 7.63. The van der Waals surface area contributed by atoms with Crippen LogP contribution in [0.2, 0.25) is 0 Å². The number of ether oxygens (including phenoxy) is 1. The molecule has 7 heteroatoms. The van der Waals surface area contributed by atoms with Crippen LogP contribution >= 0.6 is 0 Å². The van der Waals surface area contributed by atoms with E-state index in [-0.39, 0.29) is 11.7 Å². The van der Waals surface area contributed by atoms with Gasteiger partial charge in [0.25, 0.3) is 6.43 Å². The lowest BCUT2D eigenvalue weighted by Crippen LogP contribution is -2.49. The van der Waals surface area contributed by atoms with E-state index in [1.165, 1.54) is 6.08 Å². The molecule has 1 rings (SSSR count). The molecule has 0 atom stereocenters. The SMILES string of the molecule is C\C=C(C(/C(C)=N/C=C/CC)=C(/C)N1CCN(C(=O)OC(C)(C)C)CC1)\C(F)F. The summed E-state index contributed by atoms with van der Waals surface area (Å²) in [6, 6.07) is 0. The molecular formula is C22H35F2N3O2. The number of carbonyl (C=O) groups excluding carboxylic acids is 1. The van der Waals surface area contributed by atoms with Crippen molar-refractivity contribution in [2.45, 2.75) is 66.9 Å². The number of halogens is 2. The fraction of sp³-hybridized carbons (Fsp3) is 0.636. The fourth-order valence-electron chi connectivity index (χ4n) is 3.10. The predicted molar refractivity (Wildman–Crippen MR) is 114 cm³/mol. The molecule has 1 aliphatic heterocycles. The molecule has 0 aromatic carbocycles. The van der Waals surface area contributed by atoms with Gasteiger partial charge in [-0.05, 0) is 48.0 Å². The zero-order valence-electron chi connectivity index (χ0n) is 18.8. The number of hydrogen-bond donors (Lipinski definition) is 0. The minimum Gasteiger partial charge on any atom is -0.444 e. The average molecular weight is 412 g/mol. The van der Waals surface area contributed by atoms with Crippen molar-refractivity contribution in [3.63, 3.8) is 0 Å². The minimum absolute atomic E-state index is 0.0248. The van der Waals surface area contributed by atoms with Crippen molar-refractivity contribution in [2.24, 2.45) is 4.99 Å². The van der Waals surface area contributed by atoms with Gasteiger partial charge >= 0.3 is 6.09 Å². The Bertz CT molecular complexity index is 681. The van der Waals surface area contributed by atoms with Gasteiger partial charge in [-0.2, -0.15) is 0 Å². The zero-order valence-corrected chi connectivity index (χ0v) is 18.8. The van der Waals surface area contributed by atoms with E-state index < -0.39 is 12.0 Å². The molecule has 0 aromatic rings. The van der Waals surface area contributed by atoms with Crippen LogP contribution in [-0.4, -0.2) is 59.8 Å². The summed E-state index contributed by atoms with van der Waals surface area (Å²) in [5, 5.41) is 0. The predicted octanol–water partition coefficient (Wildman–Crippen LogP) is 5.41. The molecular weight excluding hydrogens is 376 g/mol. The third-order valence-corrected chi connectivity index (χ3v) is 4.57. The van der Waals surface area contributed by atoms with Crippen LogP contribution in [0.15, 0.2) is 40.2 Å². The van der Waals surface area contributed by atoms with E-state index in [4.69, 9.17) is 4.74 Å². The van der Waals surface area contributed by atoms with Gasteiger partial charge in [0.1, 0.15) is 5.60 Å². The lowest BCUT2D eigenvalue weighted by molar-refractivity contribution is 0.0168. The maximum Gasteiger partial charge on any atom is 0.410 e. The topological polar surface area (TPSA) is 45.1 Å². The second kappa shape index (κ2) is 11.1. The molecule has 0 saturated carbocycles. The second-order valence-corrected chi connectivity index (χ2v) is 7.97. The number of hydrogen-bond acceptors (Lipinski definition) is 4. The molecule has 0 radical (unpaired) electrons. The second-order valence-electron chi connectivity index (χ2n) is 7.97. The summed E-state index contributed by atoms with van der Waals surface area (Å²) in [6.45, 7) is 14.7. The summed E-state index contributed by atoms with van der Waals surface area (Å²) in [5.74, 6) is 0. The van der Waals surface area contributed by atoms with E-state index in [1.807, 2.05) is 45.6 Å². The van der Waals surface area contributed by atoms with Crippen LogP contribution in [-0.2, 0) is 4.74 Å². The van der Waals surface area contributed by atoms with Crippen molar-refractivity contribution >= 4 is 11.8 Å². The first kappa shape index (κ1) is 24.9. The number of amides is 1. The van der Waals surface area contributed by atoms with Gasteiger partial charge in [0, 0.05) is 54.9 Å². The Labute approximate surface area is 173 Å². The Morgan fingerprint density at radius 3 is 2.14 bits per heavy atom. The highest BCUT2D eigenvalue weighted by atomic mass is 19.3. The summed E-state index contributed by atoms with van der Waals surface area (Å²) >= 11 is 0. The molecule has 0 unspecified atom stereocenters. The fourth-order valence-corrected chi connectivity index (χ4v) is 3.10. The molecule has 1 amide bonds. The van der Waals surface area contributed by atoms with Crippen LogP contribution < -0.4 is 0 Å². The maximum atomic E-state index is 13.7. The number of piperazine rings is 1. The zero-order chi connectivity index (χ0) is 22.2. The number of aliphatic imine (C=N–C) groups is 1. The normalized spacial score (nSPS) is 17.9. The van der Waals surface area contributed by atoms with Gasteiger partial charge in [0.05, 0.1) is 0 Å². The Balaban J connectivity index is 3.09. The third-order valence-electron chi connectivity index (χ3n) is 4.57. The first-order valence-electron chi connectivity index (χ1n) is 10.1. The van der Waals surface area contributed by atoms with Crippen molar-refractivity contribution in [3.8, 4) is 0 Å². The van der Waals surface area contributed by atoms with Crippen molar-refractivity contribution in [2.75, 3.05) is 26.2 Å². The number of alkyl halides is 2. The highest BCUT2D eigenvalue weighted by Crippen LogP contribution is 2.26. The van der Waals surface area contributed by atoms with Gasteiger partial charge in [-0.25, -0.2) is 13.6 Å². The molecule has 0 aliphatic carbocycles. The summed E-state index contributed by atoms with van der Waals surface area (Å²) in [4.78, 5) is 20.3. The lowest BCUT2D eigenvalue weighted by atomic mass is 9.98. The van der Waals surface area contributed by atoms with Crippen LogP contribution in [0.3, 0.4) is 0 Å². The standard InChI is InChI=1S/C22H35F2N3O2/c1-8-10-11-25-16(3)19(18(9-2)20(23)24)17(4)26-12-14-27(15-13-26)21(28)29-22(5,6)7/h9-11,20H,8,12-15H2,1-7H3/b11-10+,18-9+,19-17-,25-16+. The first-order valence-corrected chi connectivity index (χ1v) is 10.1. The highest BCUT2D eigenvalue weighted by Gasteiger charge is 2.28. The largest absolute Gasteiger partial charge is 0.444 e. The van der Waals surface area contributed by atoms with Gasteiger partial charge < -0.3 is 14.5 Å². The Kier molecular flexibility index (Phi) is 9.53. The summed E-state index contributed by atoms with van der Waals surface area (Å²) < 4.78 is 32.8. The summed E-state index contributed by atoms with van der Waals surface area (Å²) in [6.07, 6.45) is 2.88. The van der Waals surface area contributed by atoms with Gasteiger partial charge in [0.15, 0.2) is 0 Å². The van der Waals surface area contributed by atoms with Crippen LogP contribution in [0.4, 0.5) is 13.6 Å². The molecule has 0 N–H and O–H groups in total. The van der Waals surface area contributed by atoms with E-state index in [1.54, 1.807) is 24.9 Å². The molecule has 1 fully saturated rings. The number of carbonyl (C=O) groups is 1. The van der Waals surface area contributed by atoms with Gasteiger partial charge in [-0.15, -0.1) is 0 Å². The van der Waals surface area contributed by atoms with Crippen molar-refractivity contribution in [1.29, 1.82) is 0 Å². The van der Waals surface area contributed by atoms with Crippen LogP contribution in [0, 0.1) is 0 Å². The minimum atomic E-state index is -2.59. The molecule has 1 saturated heterocycles. The van der Waals surface area contributed by atoms with Gasteiger partial charge in [-0.1, -0.05) is 19.1 Å². The van der Waals surface area contributed by atoms with E-state index in [0.29, 0.717) is 37.5 Å². The monoisotopic (exact) mass is 411 g/mol. The molecule has 29 heavy (non-hydrogen) atoms. The van der Waals surface area contributed by atoms with Gasteiger partial charge in [-0.3, -0.25) is 4.99 Å². The van der Waals surface area contributed by atoms with E-state index in [2.05, 4.69) is 4.99 Å². The summed E-state index contributed by atoms with van der Waals surface area (Å²) in [7, 11) is 0. The Morgan fingerprint density at radius 1 is 1.14 bits per heavy atom. The van der Waals surface area contributed by atoms with Crippen LogP contribution in [0.25, 0.3) is 0 Å². The molecule has 0 spiro atoms. The van der Waals surface area contributed by atoms with Gasteiger partial charge in [0.2, 0.25) is 0 Å². The molecule has 0 aromatic heterocycles. The first-order chi connectivity index (χ1) is 13.5. The Morgan fingerprint density at radius 2 is 1.69 bits per heavy atom. The molecule has 5 nitrogen and oxygen atoms in total. The highest BCUT2D eigenvalue weighted by molar-refractivity contribution is 6.03. The lowest BCUT2D eigenvalue weighted by Gasteiger charge is -2.38. The van der Waals surface area contributed by atoms with Crippen molar-refractivity contribution < 1.29 is 18.3 Å². The van der Waals surface area contributed by atoms with E-state index >= 15 is 0 Å². The van der Waals surface area contributed by atoms with Crippen molar-refractivity contribution in [1.82, 2.24) is 9.80 Å². The molecule has 1 heterocycles. The number of allylic oxidation sites excluding steroid dienone is 5. The quantitative estimate of drug-likeness (QED) is 0.434. The smallest absolute Gasteiger partial charge is 0.410 e. The number of nitrogens with zero attached hydrogens (tertiary/aromatic N) is 3. The van der Waals surface area contributed by atoms with Crippen LogP contribution in [0.1, 0.15) is 54.9 Å². The van der Waals surface area contributed by atoms with Crippen LogP contribution in [0.5, 0.6) is 0 Å². The maximum absolute atomic E-state index is 13.7. The van der Waals surface area contributed by atoms with E-state index in [9.17, 15) is 13.6 Å². The average Bonchev–Trinajstić information content (AvgIpc) is 2.64. The molecule has 164 valence electrons. The molecule has 0 bridgehead atoms. The summed E-state index contributed by atoms with van der Waals surface area (Å²) in [5.41, 5.74) is 1.19. The molecule has 1 aliphatic rings. The van der Waals surface area contributed by atoms with Crippen molar-refractivity contribution in [3.05, 3.63) is 35.2 Å². The Hall–Kier alpha value is -2.18.